The molecule has 2 heterocycles. The Hall–Kier alpha value is -2.23. The Morgan fingerprint density at radius 1 is 1.00 bits per heavy atom. The summed E-state index contributed by atoms with van der Waals surface area (Å²) in [7, 11) is -3.85. The molecule has 4 rings (SSSR count). The summed E-state index contributed by atoms with van der Waals surface area (Å²) in [5.41, 5.74) is 2.40. The maximum absolute atomic E-state index is 12.8. The number of hydrogen-bond acceptors (Lipinski definition) is 6. The van der Waals surface area contributed by atoms with Gasteiger partial charge in [-0.05, 0) is 61.9 Å². The average Bonchev–Trinajstić information content (AvgIpc) is 3.31. The Balaban J connectivity index is 1.22. The van der Waals surface area contributed by atoms with E-state index >= 15 is 0 Å². The van der Waals surface area contributed by atoms with Gasteiger partial charge in [0.15, 0.2) is 15.6 Å². The molecule has 1 amide bonds. The van der Waals surface area contributed by atoms with Crippen LogP contribution in [-0.4, -0.2) is 58.5 Å². The van der Waals surface area contributed by atoms with Crippen LogP contribution in [0.3, 0.4) is 0 Å². The van der Waals surface area contributed by atoms with Gasteiger partial charge in [-0.25, -0.2) is 8.42 Å². The number of rotatable bonds is 9. The number of carbonyl (C=O) groups is 1. The van der Waals surface area contributed by atoms with Crippen LogP contribution in [0.4, 0.5) is 5.69 Å². The second-order valence-electron chi connectivity index (χ2n) is 8.94. The van der Waals surface area contributed by atoms with Crippen molar-refractivity contribution in [3.63, 3.8) is 0 Å². The fourth-order valence-corrected chi connectivity index (χ4v) is 7.02. The Labute approximate surface area is 232 Å². The molecule has 0 aliphatic carbocycles. The number of nitrogens with zero attached hydrogens (tertiary/aromatic N) is 2. The Morgan fingerprint density at radius 2 is 1.70 bits per heavy atom. The molecule has 1 saturated heterocycles. The Kier molecular flexibility index (Phi) is 9.08. The zero-order valence-electron chi connectivity index (χ0n) is 20.3. The monoisotopic (exact) mass is 583 g/mol. The predicted molar refractivity (Wildman–Crippen MR) is 148 cm³/mol. The standard InChI is InChI=1S/C26H28Cl3N3O4S/c1-18-6-7-19(27)16-23(18)32-14-12-31(13-15-32)11-3-10-30-26(33)24-9-8-20(36-24)17-37(34,35)25-21(28)4-2-5-22(25)29/h2,4-9,16H,3,10-15,17H2,1H3,(H,30,33). The summed E-state index contributed by atoms with van der Waals surface area (Å²) in [5.74, 6) is -0.652. The highest BCUT2D eigenvalue weighted by atomic mass is 35.5. The maximum Gasteiger partial charge on any atom is 0.286 e. The van der Waals surface area contributed by atoms with E-state index in [4.69, 9.17) is 39.2 Å². The van der Waals surface area contributed by atoms with Crippen LogP contribution < -0.4 is 10.2 Å². The van der Waals surface area contributed by atoms with Crippen LogP contribution in [-0.2, 0) is 15.6 Å². The van der Waals surface area contributed by atoms with Gasteiger partial charge in [-0.1, -0.05) is 46.9 Å². The fraction of sp³-hybridized carbons (Fsp3) is 0.346. The maximum atomic E-state index is 12.8. The quantitative estimate of drug-likeness (QED) is 0.336. The van der Waals surface area contributed by atoms with Crippen LogP contribution in [0.5, 0.6) is 0 Å². The van der Waals surface area contributed by atoms with E-state index < -0.39 is 15.6 Å². The molecule has 37 heavy (non-hydrogen) atoms. The second-order valence-corrected chi connectivity index (χ2v) is 12.1. The van der Waals surface area contributed by atoms with Crippen molar-refractivity contribution in [1.29, 1.82) is 0 Å². The summed E-state index contributed by atoms with van der Waals surface area (Å²) in [6.07, 6.45) is 0.787. The largest absolute Gasteiger partial charge is 0.455 e. The highest BCUT2D eigenvalue weighted by Gasteiger charge is 2.24. The molecule has 198 valence electrons. The molecule has 0 saturated carbocycles. The van der Waals surface area contributed by atoms with Crippen LogP contribution in [0.1, 0.15) is 28.3 Å². The first-order valence-electron chi connectivity index (χ1n) is 11.9. The Bertz CT molecular complexity index is 1350. The van der Waals surface area contributed by atoms with Crippen LogP contribution in [0.15, 0.2) is 57.8 Å². The molecule has 3 aromatic rings. The first-order valence-corrected chi connectivity index (χ1v) is 14.7. The molecule has 0 bridgehead atoms. The minimum Gasteiger partial charge on any atom is -0.455 e. The van der Waals surface area contributed by atoms with Crippen molar-refractivity contribution in [3.05, 3.63) is 80.7 Å². The van der Waals surface area contributed by atoms with E-state index in [1.807, 2.05) is 18.2 Å². The SMILES string of the molecule is Cc1ccc(Cl)cc1N1CCN(CCCNC(=O)c2ccc(CS(=O)(=O)c3c(Cl)cccc3Cl)o2)CC1. The Morgan fingerprint density at radius 3 is 2.41 bits per heavy atom. The lowest BCUT2D eigenvalue weighted by molar-refractivity contribution is 0.0922. The third kappa shape index (κ3) is 7.00. The molecule has 1 fully saturated rings. The smallest absolute Gasteiger partial charge is 0.286 e. The van der Waals surface area contributed by atoms with E-state index in [1.54, 1.807) is 6.07 Å². The minimum absolute atomic E-state index is 0.0398. The van der Waals surface area contributed by atoms with Crippen molar-refractivity contribution in [1.82, 2.24) is 10.2 Å². The van der Waals surface area contributed by atoms with Crippen molar-refractivity contribution >= 4 is 56.2 Å². The lowest BCUT2D eigenvalue weighted by atomic mass is 10.1. The number of halogens is 3. The number of piperazine rings is 1. The number of furan rings is 1. The second kappa shape index (κ2) is 12.1. The molecule has 1 N–H and O–H groups in total. The summed E-state index contributed by atoms with van der Waals surface area (Å²) in [6, 6.07) is 13.4. The summed E-state index contributed by atoms with van der Waals surface area (Å²) in [5, 5.41) is 3.66. The summed E-state index contributed by atoms with van der Waals surface area (Å²) in [6.45, 7) is 7.15. The fourth-order valence-electron chi connectivity index (χ4n) is 4.34. The molecule has 0 atom stereocenters. The van der Waals surface area contributed by atoms with E-state index in [-0.39, 0.29) is 32.4 Å². The first-order chi connectivity index (χ1) is 17.6. The third-order valence-corrected chi connectivity index (χ3v) is 9.08. The van der Waals surface area contributed by atoms with E-state index in [0.717, 1.165) is 44.2 Å². The van der Waals surface area contributed by atoms with Gasteiger partial charge in [-0.15, -0.1) is 0 Å². The van der Waals surface area contributed by atoms with Gasteiger partial charge < -0.3 is 14.6 Å². The van der Waals surface area contributed by atoms with Gasteiger partial charge in [0, 0.05) is 43.4 Å². The van der Waals surface area contributed by atoms with Gasteiger partial charge >= 0.3 is 0 Å². The molecule has 2 aromatic carbocycles. The molecule has 1 aromatic heterocycles. The number of sulfone groups is 1. The van der Waals surface area contributed by atoms with Crippen LogP contribution in [0, 0.1) is 6.92 Å². The number of nitrogens with one attached hydrogen (secondary N) is 1. The molecular formula is C26H28Cl3N3O4S. The molecule has 7 nitrogen and oxygen atoms in total. The number of benzene rings is 2. The first kappa shape index (κ1) is 27.8. The number of amides is 1. The van der Waals surface area contributed by atoms with Crippen molar-refractivity contribution in [3.8, 4) is 0 Å². The van der Waals surface area contributed by atoms with Crippen molar-refractivity contribution in [2.24, 2.45) is 0 Å². The number of aryl methyl sites for hydroxylation is 1. The normalized spacial score (nSPS) is 14.6. The van der Waals surface area contributed by atoms with Gasteiger partial charge in [-0.2, -0.15) is 0 Å². The lowest BCUT2D eigenvalue weighted by Crippen LogP contribution is -2.47. The van der Waals surface area contributed by atoms with Crippen molar-refractivity contribution in [2.75, 3.05) is 44.2 Å². The van der Waals surface area contributed by atoms with Gasteiger partial charge in [-0.3, -0.25) is 9.69 Å². The zero-order valence-corrected chi connectivity index (χ0v) is 23.4. The molecule has 1 aliphatic heterocycles. The van der Waals surface area contributed by atoms with E-state index in [0.29, 0.717) is 6.54 Å². The number of carbonyl (C=O) groups excluding carboxylic acids is 1. The highest BCUT2D eigenvalue weighted by Crippen LogP contribution is 2.31. The summed E-state index contributed by atoms with van der Waals surface area (Å²) >= 11 is 18.3. The van der Waals surface area contributed by atoms with E-state index in [9.17, 15) is 13.2 Å². The molecule has 0 unspecified atom stereocenters. The minimum atomic E-state index is -3.85. The molecule has 0 spiro atoms. The summed E-state index contributed by atoms with van der Waals surface area (Å²) < 4.78 is 31.0. The molecule has 0 radical (unpaired) electrons. The third-order valence-electron chi connectivity index (χ3n) is 6.27. The molecule has 11 heteroatoms. The van der Waals surface area contributed by atoms with Gasteiger partial charge in [0.25, 0.3) is 5.91 Å². The van der Waals surface area contributed by atoms with Gasteiger partial charge in [0.05, 0.1) is 10.0 Å². The van der Waals surface area contributed by atoms with Crippen LogP contribution in [0.2, 0.25) is 15.1 Å². The number of anilines is 1. The molecule has 1 aliphatic rings. The van der Waals surface area contributed by atoms with Gasteiger partial charge in [0.2, 0.25) is 0 Å². The lowest BCUT2D eigenvalue weighted by Gasteiger charge is -2.36. The zero-order chi connectivity index (χ0) is 26.6. The van der Waals surface area contributed by atoms with Crippen molar-refractivity contribution in [2.45, 2.75) is 24.0 Å². The van der Waals surface area contributed by atoms with Crippen molar-refractivity contribution < 1.29 is 17.6 Å². The highest BCUT2D eigenvalue weighted by molar-refractivity contribution is 7.90. The number of hydrogen-bond donors (Lipinski definition) is 1. The van der Waals surface area contributed by atoms with Crippen LogP contribution >= 0.6 is 34.8 Å². The topological polar surface area (TPSA) is 82.9 Å². The van der Waals surface area contributed by atoms with Gasteiger partial charge in [0.1, 0.15) is 16.4 Å². The average molecular weight is 585 g/mol. The van der Waals surface area contributed by atoms with E-state index in [1.165, 1.54) is 35.5 Å². The summed E-state index contributed by atoms with van der Waals surface area (Å²) in [4.78, 5) is 17.1. The van der Waals surface area contributed by atoms with Crippen LogP contribution in [0.25, 0.3) is 0 Å². The predicted octanol–water partition coefficient (Wildman–Crippen LogP) is 5.46. The molecular weight excluding hydrogens is 557 g/mol. The van der Waals surface area contributed by atoms with E-state index in [2.05, 4.69) is 22.0 Å².